The first kappa shape index (κ1) is 22.5. The molecule has 0 unspecified atom stereocenters. The Bertz CT molecular complexity index is 1240. The summed E-state index contributed by atoms with van der Waals surface area (Å²) in [6.45, 7) is 18.8. The fraction of sp³-hybridized carbons (Fsp3) is 0.455. The molecule has 3 aromatic rings. The Morgan fingerprint density at radius 2 is 1.18 bits per heavy atom. The summed E-state index contributed by atoms with van der Waals surface area (Å²) < 4.78 is 0. The largest absolute Gasteiger partial charge is 0.0579 e. The maximum atomic E-state index is 2.51. The molecule has 0 amide bonds. The lowest BCUT2D eigenvalue weighted by atomic mass is 9.75. The molecular weight excluding hydrogens is 396 g/mol. The molecule has 3 aromatic carbocycles. The molecule has 2 aliphatic rings. The minimum Gasteiger partial charge on any atom is -0.0579 e. The predicted octanol–water partition coefficient (Wildman–Crippen LogP) is 9.13. The normalized spacial score (nSPS) is 16.8. The lowest BCUT2D eigenvalue weighted by Gasteiger charge is -2.30. The predicted molar refractivity (Wildman–Crippen MR) is 143 cm³/mol. The summed E-state index contributed by atoms with van der Waals surface area (Å²) >= 11 is 0. The average molecular weight is 437 g/mol. The Morgan fingerprint density at radius 3 is 1.82 bits per heavy atom. The molecule has 0 aliphatic heterocycles. The monoisotopic (exact) mass is 436 g/mol. The van der Waals surface area contributed by atoms with Crippen molar-refractivity contribution in [3.05, 3.63) is 81.9 Å². The molecule has 172 valence electrons. The van der Waals surface area contributed by atoms with Crippen molar-refractivity contribution in [3.8, 4) is 22.3 Å². The van der Waals surface area contributed by atoms with Crippen LogP contribution >= 0.6 is 0 Å². The topological polar surface area (TPSA) is 0 Å². The van der Waals surface area contributed by atoms with Crippen LogP contribution in [0.3, 0.4) is 0 Å². The van der Waals surface area contributed by atoms with E-state index in [0.717, 1.165) is 0 Å². The maximum Gasteiger partial charge on any atom is 0.0159 e. The fourth-order valence-corrected chi connectivity index (χ4v) is 6.21. The minimum absolute atomic E-state index is 0.0212. The van der Waals surface area contributed by atoms with Crippen molar-refractivity contribution in [2.45, 2.75) is 97.3 Å². The van der Waals surface area contributed by atoms with E-state index in [1.165, 1.54) is 64.6 Å². The Balaban J connectivity index is 1.65. The summed E-state index contributed by atoms with van der Waals surface area (Å²) in [7, 11) is 0. The van der Waals surface area contributed by atoms with Crippen LogP contribution in [0, 0.1) is 0 Å². The van der Waals surface area contributed by atoms with Gasteiger partial charge in [0.25, 0.3) is 0 Å². The molecule has 33 heavy (non-hydrogen) atoms. The zero-order valence-electron chi connectivity index (χ0n) is 21.9. The summed E-state index contributed by atoms with van der Waals surface area (Å²) in [6.07, 6.45) is 5.07. The van der Waals surface area contributed by atoms with Gasteiger partial charge >= 0.3 is 0 Å². The number of fused-ring (bicyclic) bond motifs is 4. The van der Waals surface area contributed by atoms with Crippen LogP contribution in [-0.4, -0.2) is 0 Å². The second-order valence-corrected chi connectivity index (χ2v) is 13.0. The van der Waals surface area contributed by atoms with Gasteiger partial charge in [-0.3, -0.25) is 0 Å². The second kappa shape index (κ2) is 7.33. The number of hydrogen-bond acceptors (Lipinski definition) is 0. The molecule has 0 heterocycles. The first-order valence-electron chi connectivity index (χ1n) is 12.8. The Hall–Kier alpha value is -2.34. The second-order valence-electron chi connectivity index (χ2n) is 13.0. The summed E-state index contributed by atoms with van der Waals surface area (Å²) in [6, 6.07) is 19.3. The highest BCUT2D eigenvalue weighted by atomic mass is 14.4. The third-order valence-electron chi connectivity index (χ3n) is 8.20. The van der Waals surface area contributed by atoms with Crippen LogP contribution < -0.4 is 0 Å². The zero-order chi connectivity index (χ0) is 23.8. The standard InChI is InChI=1S/C33H40/c1-31(2,3)22-14-16-27-26-15-13-21(19-29(26)33(7,8)30(27)20-22)23-17-18-28(32(4,5)6)25-12-10-9-11-24(23)25/h13-20H,9-12H2,1-8H3. The number of benzene rings is 3. The van der Waals surface area contributed by atoms with Gasteiger partial charge in [0.2, 0.25) is 0 Å². The highest BCUT2D eigenvalue weighted by Crippen LogP contribution is 2.51. The van der Waals surface area contributed by atoms with Gasteiger partial charge in [0, 0.05) is 5.41 Å². The van der Waals surface area contributed by atoms with E-state index in [1.54, 1.807) is 16.7 Å². The van der Waals surface area contributed by atoms with E-state index >= 15 is 0 Å². The highest BCUT2D eigenvalue weighted by Gasteiger charge is 2.36. The van der Waals surface area contributed by atoms with Crippen LogP contribution in [0.15, 0.2) is 48.5 Å². The van der Waals surface area contributed by atoms with Crippen LogP contribution in [0.4, 0.5) is 0 Å². The molecule has 0 saturated heterocycles. The van der Waals surface area contributed by atoms with Gasteiger partial charge in [0.15, 0.2) is 0 Å². The van der Waals surface area contributed by atoms with Crippen molar-refractivity contribution in [1.29, 1.82) is 0 Å². The van der Waals surface area contributed by atoms with Gasteiger partial charge in [-0.05, 0) is 98.2 Å². The molecule has 0 atom stereocenters. The van der Waals surface area contributed by atoms with Crippen molar-refractivity contribution in [2.75, 3.05) is 0 Å². The van der Waals surface area contributed by atoms with Gasteiger partial charge in [-0.2, -0.15) is 0 Å². The van der Waals surface area contributed by atoms with Gasteiger partial charge in [0.1, 0.15) is 0 Å². The Labute approximate surface area is 201 Å². The molecule has 0 radical (unpaired) electrons. The average Bonchev–Trinajstić information content (AvgIpc) is 2.98. The fourth-order valence-electron chi connectivity index (χ4n) is 6.21. The zero-order valence-corrected chi connectivity index (χ0v) is 21.9. The van der Waals surface area contributed by atoms with E-state index in [1.807, 2.05) is 0 Å². The van der Waals surface area contributed by atoms with Crippen LogP contribution in [-0.2, 0) is 29.1 Å². The lowest BCUT2D eigenvalue weighted by molar-refractivity contribution is 0.569. The third-order valence-corrected chi connectivity index (χ3v) is 8.20. The smallest absolute Gasteiger partial charge is 0.0159 e. The molecule has 0 aromatic heterocycles. The van der Waals surface area contributed by atoms with Crippen molar-refractivity contribution < 1.29 is 0 Å². The summed E-state index contributed by atoms with van der Waals surface area (Å²) in [4.78, 5) is 0. The molecule has 0 fully saturated rings. The molecule has 0 saturated carbocycles. The van der Waals surface area contributed by atoms with E-state index in [9.17, 15) is 0 Å². The molecule has 0 N–H and O–H groups in total. The first-order valence-corrected chi connectivity index (χ1v) is 12.8. The maximum absolute atomic E-state index is 2.51. The molecule has 0 spiro atoms. The van der Waals surface area contributed by atoms with E-state index in [0.29, 0.717) is 0 Å². The summed E-state index contributed by atoms with van der Waals surface area (Å²) in [5.74, 6) is 0. The van der Waals surface area contributed by atoms with Gasteiger partial charge < -0.3 is 0 Å². The quantitative estimate of drug-likeness (QED) is 0.357. The minimum atomic E-state index is 0.0212. The Morgan fingerprint density at radius 1 is 0.606 bits per heavy atom. The van der Waals surface area contributed by atoms with Crippen LogP contribution in [0.5, 0.6) is 0 Å². The molecule has 2 aliphatic carbocycles. The van der Waals surface area contributed by atoms with E-state index in [-0.39, 0.29) is 16.2 Å². The van der Waals surface area contributed by atoms with E-state index in [4.69, 9.17) is 0 Å². The highest BCUT2D eigenvalue weighted by molar-refractivity contribution is 5.84. The van der Waals surface area contributed by atoms with Gasteiger partial charge in [-0.25, -0.2) is 0 Å². The molecular formula is C33H40. The first-order chi connectivity index (χ1) is 15.4. The van der Waals surface area contributed by atoms with E-state index < -0.39 is 0 Å². The molecule has 5 rings (SSSR count). The summed E-state index contributed by atoms with van der Waals surface area (Å²) in [5, 5.41) is 0. The third kappa shape index (κ3) is 3.58. The van der Waals surface area contributed by atoms with Crippen LogP contribution in [0.25, 0.3) is 22.3 Å². The molecule has 0 bridgehead atoms. The van der Waals surface area contributed by atoms with Crippen molar-refractivity contribution >= 4 is 0 Å². The van der Waals surface area contributed by atoms with Gasteiger partial charge in [0.05, 0.1) is 0 Å². The van der Waals surface area contributed by atoms with Gasteiger partial charge in [-0.15, -0.1) is 0 Å². The summed E-state index contributed by atoms with van der Waals surface area (Å²) in [5.41, 5.74) is 15.2. The Kier molecular flexibility index (Phi) is 4.99. The number of rotatable bonds is 1. The molecule has 0 heteroatoms. The van der Waals surface area contributed by atoms with Gasteiger partial charge in [-0.1, -0.05) is 97.9 Å². The van der Waals surface area contributed by atoms with Crippen LogP contribution in [0.1, 0.15) is 102 Å². The SMILES string of the molecule is CC(C)(C)c1ccc2c(c1)C(C)(C)c1cc(-c3ccc(C(C)(C)C)c4c3CCCC4)ccc1-2. The molecule has 0 nitrogen and oxygen atoms in total. The van der Waals surface area contributed by atoms with Crippen molar-refractivity contribution in [1.82, 2.24) is 0 Å². The lowest BCUT2D eigenvalue weighted by Crippen LogP contribution is -2.19. The van der Waals surface area contributed by atoms with Crippen LogP contribution in [0.2, 0.25) is 0 Å². The van der Waals surface area contributed by atoms with E-state index in [2.05, 4.69) is 104 Å². The van der Waals surface area contributed by atoms with Crippen molar-refractivity contribution in [3.63, 3.8) is 0 Å². The number of hydrogen-bond donors (Lipinski definition) is 0. The van der Waals surface area contributed by atoms with Crippen molar-refractivity contribution in [2.24, 2.45) is 0 Å².